The van der Waals surface area contributed by atoms with Crippen molar-refractivity contribution in [3.05, 3.63) is 0 Å². The maximum absolute atomic E-state index is 11.1. The van der Waals surface area contributed by atoms with Crippen LogP contribution >= 0.6 is 22.6 Å². The maximum atomic E-state index is 11.1. The predicted octanol–water partition coefficient (Wildman–Crippen LogP) is 5.89. The molecule has 4 nitrogen and oxygen atoms in total. The first-order valence-electron chi connectivity index (χ1n) is 12.3. The van der Waals surface area contributed by atoms with Crippen LogP contribution < -0.4 is 0 Å². The molecular formula is C25H41IO4. The number of carboxylic acid groups (broad SMARTS) is 1. The SMILES string of the molecule is C[C@H](CCC(=O)O)[C@H]1CC[C@H]2[C@@H]3[C@@H](OCI)CC4C[C@@H](O)CC[C@]4(C)[C@H]3CC[C@]12C. The van der Waals surface area contributed by atoms with Crippen LogP contribution in [0.5, 0.6) is 0 Å². The first-order chi connectivity index (χ1) is 14.2. The molecule has 172 valence electrons. The molecule has 0 amide bonds. The minimum atomic E-state index is -0.661. The average molecular weight is 533 g/mol. The van der Waals surface area contributed by atoms with Crippen molar-refractivity contribution in [3.8, 4) is 0 Å². The molecule has 10 atom stereocenters. The number of rotatable bonds is 6. The molecule has 0 aromatic carbocycles. The molecule has 4 aliphatic rings. The zero-order valence-corrected chi connectivity index (χ0v) is 21.1. The molecular weight excluding hydrogens is 491 g/mol. The standard InChI is InChI=1S/C25H41IO4/c1-15(4-7-22(28)29)18-5-6-19-23-20(9-11-25(18,19)3)24(2)10-8-17(27)12-16(24)13-21(23)30-14-26/h15-21,23,27H,4-14H2,1-3H3,(H,28,29)/t15-,16?,17+,18-,19+,20+,21+,23+,24+,25-/m1/s1. The molecule has 0 bridgehead atoms. The van der Waals surface area contributed by atoms with Crippen LogP contribution in [0.3, 0.4) is 0 Å². The second-order valence-electron chi connectivity index (χ2n) is 11.6. The van der Waals surface area contributed by atoms with Gasteiger partial charge >= 0.3 is 5.97 Å². The molecule has 5 heteroatoms. The molecule has 0 saturated heterocycles. The third kappa shape index (κ3) is 3.87. The van der Waals surface area contributed by atoms with Crippen molar-refractivity contribution >= 4 is 28.6 Å². The molecule has 2 N–H and O–H groups in total. The van der Waals surface area contributed by atoms with Crippen LogP contribution in [0.2, 0.25) is 0 Å². The van der Waals surface area contributed by atoms with Crippen LogP contribution in [0.4, 0.5) is 0 Å². The second-order valence-corrected chi connectivity index (χ2v) is 12.2. The number of carboxylic acids is 1. The van der Waals surface area contributed by atoms with Gasteiger partial charge in [-0.05, 0) is 104 Å². The van der Waals surface area contributed by atoms with Crippen LogP contribution in [0, 0.1) is 46.3 Å². The third-order valence-corrected chi connectivity index (χ3v) is 10.8. The Balaban J connectivity index is 1.59. The van der Waals surface area contributed by atoms with Gasteiger partial charge < -0.3 is 14.9 Å². The highest BCUT2D eigenvalue weighted by atomic mass is 127. The number of hydrogen-bond acceptors (Lipinski definition) is 3. The van der Waals surface area contributed by atoms with Gasteiger partial charge in [0.1, 0.15) is 0 Å². The van der Waals surface area contributed by atoms with E-state index in [1.165, 1.54) is 32.1 Å². The van der Waals surface area contributed by atoms with Gasteiger partial charge in [0.2, 0.25) is 0 Å². The maximum Gasteiger partial charge on any atom is 0.303 e. The van der Waals surface area contributed by atoms with Crippen LogP contribution in [0.1, 0.15) is 85.0 Å². The lowest BCUT2D eigenvalue weighted by atomic mass is 9.43. The van der Waals surface area contributed by atoms with E-state index in [0.717, 1.165) is 30.3 Å². The fourth-order valence-electron chi connectivity index (χ4n) is 8.96. The minimum absolute atomic E-state index is 0.125. The number of aliphatic hydroxyl groups excluding tert-OH is 1. The smallest absolute Gasteiger partial charge is 0.303 e. The topological polar surface area (TPSA) is 66.8 Å². The van der Waals surface area contributed by atoms with Crippen molar-refractivity contribution in [1.82, 2.24) is 0 Å². The Kier molecular flexibility index (Phi) is 6.84. The summed E-state index contributed by atoms with van der Waals surface area (Å²) in [5.41, 5.74) is 0.673. The minimum Gasteiger partial charge on any atom is -0.481 e. The van der Waals surface area contributed by atoms with E-state index in [4.69, 9.17) is 4.74 Å². The Morgan fingerprint density at radius 3 is 2.50 bits per heavy atom. The first kappa shape index (κ1) is 23.3. The Labute approximate surface area is 196 Å². The molecule has 0 aromatic rings. The van der Waals surface area contributed by atoms with E-state index in [1.807, 2.05) is 0 Å². The van der Waals surface area contributed by atoms with Gasteiger partial charge in [0.05, 0.1) is 16.8 Å². The van der Waals surface area contributed by atoms with E-state index < -0.39 is 5.97 Å². The fourth-order valence-corrected chi connectivity index (χ4v) is 9.42. The molecule has 0 aromatic heterocycles. The van der Waals surface area contributed by atoms with Crippen LogP contribution in [0.15, 0.2) is 0 Å². The van der Waals surface area contributed by atoms with Gasteiger partial charge in [0.25, 0.3) is 0 Å². The summed E-state index contributed by atoms with van der Waals surface area (Å²) in [6.45, 7) is 7.36. The van der Waals surface area contributed by atoms with E-state index in [9.17, 15) is 15.0 Å². The van der Waals surface area contributed by atoms with Gasteiger partial charge in [0.15, 0.2) is 0 Å². The van der Waals surface area contributed by atoms with Crippen molar-refractivity contribution in [2.24, 2.45) is 46.3 Å². The highest BCUT2D eigenvalue weighted by Crippen LogP contribution is 2.68. The van der Waals surface area contributed by atoms with E-state index in [-0.39, 0.29) is 6.10 Å². The Hall–Kier alpha value is 0.120. The highest BCUT2D eigenvalue weighted by molar-refractivity contribution is 14.1. The molecule has 0 spiro atoms. The Bertz CT molecular complexity index is 641. The Morgan fingerprint density at radius 2 is 1.80 bits per heavy atom. The largest absolute Gasteiger partial charge is 0.481 e. The van der Waals surface area contributed by atoms with Crippen LogP contribution in [0.25, 0.3) is 0 Å². The lowest BCUT2D eigenvalue weighted by molar-refractivity contribution is -0.182. The summed E-state index contributed by atoms with van der Waals surface area (Å²) in [6, 6.07) is 0. The molecule has 4 aliphatic carbocycles. The molecule has 4 saturated carbocycles. The van der Waals surface area contributed by atoms with E-state index in [2.05, 4.69) is 43.4 Å². The van der Waals surface area contributed by atoms with E-state index in [1.54, 1.807) is 0 Å². The molecule has 4 fully saturated rings. The van der Waals surface area contributed by atoms with Crippen LogP contribution in [-0.4, -0.2) is 33.0 Å². The van der Waals surface area contributed by atoms with Gasteiger partial charge in [-0.2, -0.15) is 0 Å². The highest BCUT2D eigenvalue weighted by Gasteiger charge is 2.63. The molecule has 0 aliphatic heterocycles. The third-order valence-electron chi connectivity index (χ3n) is 10.5. The summed E-state index contributed by atoms with van der Waals surface area (Å²) >= 11 is 2.36. The van der Waals surface area contributed by atoms with Gasteiger partial charge in [-0.25, -0.2) is 0 Å². The van der Waals surface area contributed by atoms with E-state index >= 15 is 0 Å². The monoisotopic (exact) mass is 532 g/mol. The summed E-state index contributed by atoms with van der Waals surface area (Å²) in [4.78, 5) is 11.1. The molecule has 1 unspecified atom stereocenters. The van der Waals surface area contributed by atoms with Crippen molar-refractivity contribution in [2.75, 3.05) is 4.61 Å². The number of aliphatic carboxylic acids is 1. The predicted molar refractivity (Wildman–Crippen MR) is 126 cm³/mol. The molecule has 30 heavy (non-hydrogen) atoms. The summed E-state index contributed by atoms with van der Waals surface area (Å²) in [5.74, 6) is 3.09. The second kappa shape index (κ2) is 8.81. The number of fused-ring (bicyclic) bond motifs is 5. The van der Waals surface area contributed by atoms with Crippen LogP contribution in [-0.2, 0) is 9.53 Å². The zero-order chi connectivity index (χ0) is 21.7. The van der Waals surface area contributed by atoms with Gasteiger partial charge in [-0.1, -0.05) is 43.4 Å². The number of halogens is 1. The summed E-state index contributed by atoms with van der Waals surface area (Å²) in [7, 11) is 0. The number of ether oxygens (including phenoxy) is 1. The lowest BCUT2D eigenvalue weighted by Gasteiger charge is -2.63. The van der Waals surface area contributed by atoms with Gasteiger partial charge in [0, 0.05) is 6.42 Å². The number of hydrogen-bond donors (Lipinski definition) is 2. The number of aliphatic hydroxyl groups is 1. The van der Waals surface area contributed by atoms with Crippen molar-refractivity contribution < 1.29 is 19.7 Å². The summed E-state index contributed by atoms with van der Waals surface area (Å²) < 4.78 is 7.19. The number of carbonyl (C=O) groups is 1. The molecule has 0 radical (unpaired) electrons. The normalized spacial score (nSPS) is 49.0. The Morgan fingerprint density at radius 1 is 1.10 bits per heavy atom. The summed E-state index contributed by atoms with van der Waals surface area (Å²) in [5, 5.41) is 19.5. The number of alkyl halides is 1. The first-order valence-corrected chi connectivity index (χ1v) is 13.8. The van der Waals surface area contributed by atoms with E-state index in [0.29, 0.717) is 58.9 Å². The zero-order valence-electron chi connectivity index (χ0n) is 19.0. The van der Waals surface area contributed by atoms with Gasteiger partial charge in [-0.3, -0.25) is 4.79 Å². The molecule has 4 rings (SSSR count). The van der Waals surface area contributed by atoms with Gasteiger partial charge in [-0.15, -0.1) is 0 Å². The average Bonchev–Trinajstić information content (AvgIpc) is 3.04. The summed E-state index contributed by atoms with van der Waals surface area (Å²) in [6.07, 6.45) is 10.6. The van der Waals surface area contributed by atoms with Crippen molar-refractivity contribution in [3.63, 3.8) is 0 Å². The van der Waals surface area contributed by atoms with Crippen molar-refractivity contribution in [2.45, 2.75) is 97.2 Å². The quantitative estimate of drug-likeness (QED) is 0.331. The molecule has 0 heterocycles. The van der Waals surface area contributed by atoms with Crippen molar-refractivity contribution in [1.29, 1.82) is 0 Å². The lowest BCUT2D eigenvalue weighted by Crippen LogP contribution is -2.59. The fraction of sp³-hybridized carbons (Fsp3) is 0.960.